The number of esters is 1. The first-order valence-corrected chi connectivity index (χ1v) is 5.70. The van der Waals surface area contributed by atoms with Crippen LogP contribution in [0.2, 0.25) is 0 Å². The predicted octanol–water partition coefficient (Wildman–Crippen LogP) is 0.501. The first-order valence-electron chi connectivity index (χ1n) is 5.70. The largest absolute Gasteiger partial charge is 0.569 e. The second-order valence-electron chi connectivity index (χ2n) is 5.07. The number of hydrazine groups is 1. The predicted molar refractivity (Wildman–Crippen MR) is 60.3 cm³/mol. The molecule has 108 valence electrons. The Hall–Kier alpha value is -2.06. The fraction of sp³-hybridized carbons (Fsp3) is 0.800. The van der Waals surface area contributed by atoms with E-state index in [1.807, 2.05) is 0 Å². The van der Waals surface area contributed by atoms with Crippen molar-refractivity contribution < 1.29 is 29.2 Å². The van der Waals surface area contributed by atoms with Crippen LogP contribution in [0.25, 0.3) is 0 Å². The highest BCUT2D eigenvalue weighted by molar-refractivity contribution is 5.75. The second-order valence-corrected chi connectivity index (χ2v) is 5.07. The van der Waals surface area contributed by atoms with Crippen LogP contribution in [0.5, 0.6) is 0 Å². The van der Waals surface area contributed by atoms with Crippen LogP contribution < -0.4 is 0 Å². The fourth-order valence-corrected chi connectivity index (χ4v) is 1.25. The molecule has 0 aromatic rings. The Labute approximate surface area is 109 Å². The summed E-state index contributed by atoms with van der Waals surface area (Å²) in [6.45, 7) is 4.80. The maximum atomic E-state index is 11.3. The maximum absolute atomic E-state index is 11.3. The van der Waals surface area contributed by atoms with Crippen LogP contribution in [0.1, 0.15) is 27.2 Å². The van der Waals surface area contributed by atoms with Crippen molar-refractivity contribution in [1.29, 1.82) is 0 Å². The fourth-order valence-electron chi connectivity index (χ4n) is 1.25. The zero-order valence-corrected chi connectivity index (χ0v) is 11.0. The molecule has 0 saturated carbocycles. The van der Waals surface area contributed by atoms with Gasteiger partial charge < -0.3 is 19.9 Å². The van der Waals surface area contributed by atoms with Gasteiger partial charge in [-0.3, -0.25) is 4.79 Å². The van der Waals surface area contributed by atoms with Gasteiger partial charge in [-0.2, -0.15) is 0 Å². The quantitative estimate of drug-likeness (QED) is 0.194. The van der Waals surface area contributed by atoms with Crippen molar-refractivity contribution in [2.75, 3.05) is 13.3 Å². The first-order chi connectivity index (χ1) is 8.73. The summed E-state index contributed by atoms with van der Waals surface area (Å²) in [5.74, 6) is -1.59. The number of carboxylic acid groups (broad SMARTS) is 1. The Morgan fingerprint density at radius 3 is 2.58 bits per heavy atom. The molecule has 0 unspecified atom stereocenters. The lowest BCUT2D eigenvalue weighted by Crippen LogP contribution is -2.55. The van der Waals surface area contributed by atoms with Crippen molar-refractivity contribution >= 4 is 11.9 Å². The molecule has 1 aliphatic rings. The van der Waals surface area contributed by atoms with Gasteiger partial charge in [0, 0.05) is 6.42 Å². The van der Waals surface area contributed by atoms with Crippen LogP contribution in [0.15, 0.2) is 5.28 Å². The topological polar surface area (TPSA) is 114 Å². The highest BCUT2D eigenvalue weighted by atomic mass is 16.8. The molecule has 1 rings (SSSR count). The van der Waals surface area contributed by atoms with Crippen molar-refractivity contribution in [2.45, 2.75) is 33.2 Å². The maximum Gasteiger partial charge on any atom is 0.332 e. The van der Waals surface area contributed by atoms with Gasteiger partial charge in [0.05, 0.1) is 16.9 Å². The summed E-state index contributed by atoms with van der Waals surface area (Å²) in [4.78, 5) is 26.6. The van der Waals surface area contributed by atoms with Crippen molar-refractivity contribution in [3.63, 3.8) is 0 Å². The minimum Gasteiger partial charge on any atom is -0.569 e. The molecule has 0 aromatic carbocycles. The van der Waals surface area contributed by atoms with E-state index in [4.69, 9.17) is 9.84 Å². The van der Waals surface area contributed by atoms with E-state index in [1.54, 1.807) is 20.8 Å². The van der Waals surface area contributed by atoms with E-state index in [9.17, 15) is 14.8 Å². The first kappa shape index (κ1) is 15.0. The van der Waals surface area contributed by atoms with E-state index >= 15 is 0 Å². The van der Waals surface area contributed by atoms with Crippen LogP contribution in [0.3, 0.4) is 0 Å². The Kier molecular flexibility index (Phi) is 4.52. The van der Waals surface area contributed by atoms with E-state index in [0.29, 0.717) is 6.42 Å². The van der Waals surface area contributed by atoms with E-state index in [-0.39, 0.29) is 11.5 Å². The minimum absolute atomic E-state index is 0.0488. The van der Waals surface area contributed by atoms with Gasteiger partial charge >= 0.3 is 11.9 Å². The third kappa shape index (κ3) is 3.97. The molecule has 0 amide bonds. The molecule has 0 radical (unpaired) electrons. The van der Waals surface area contributed by atoms with Gasteiger partial charge in [-0.05, 0) is 20.8 Å². The summed E-state index contributed by atoms with van der Waals surface area (Å²) in [5, 5.41) is 24.1. The van der Waals surface area contributed by atoms with Crippen LogP contribution in [0.4, 0.5) is 0 Å². The van der Waals surface area contributed by atoms with E-state index in [0.717, 1.165) is 5.01 Å². The summed E-state index contributed by atoms with van der Waals surface area (Å²) in [5.41, 5.74) is -0.674. The van der Waals surface area contributed by atoms with Crippen molar-refractivity contribution in [3.8, 4) is 0 Å². The van der Waals surface area contributed by atoms with Gasteiger partial charge in [0.1, 0.15) is 0 Å². The highest BCUT2D eigenvalue weighted by Crippen LogP contribution is 2.17. The number of nitrogens with zero attached hydrogens (tertiary/aromatic N) is 3. The average Bonchev–Trinajstić information content (AvgIpc) is 2.20. The summed E-state index contributed by atoms with van der Waals surface area (Å²) in [6.07, 6.45) is 0.378. The molecule has 19 heavy (non-hydrogen) atoms. The van der Waals surface area contributed by atoms with Crippen molar-refractivity contribution in [1.82, 2.24) is 5.01 Å². The normalized spacial score (nSPS) is 19.6. The monoisotopic (exact) mass is 275 g/mol. The lowest BCUT2D eigenvalue weighted by molar-refractivity contribution is -0.729. The molecular weight excluding hydrogens is 258 g/mol. The van der Waals surface area contributed by atoms with Gasteiger partial charge in [-0.1, -0.05) is 0 Å². The van der Waals surface area contributed by atoms with Crippen LogP contribution in [-0.4, -0.2) is 46.4 Å². The third-order valence-corrected chi connectivity index (χ3v) is 2.48. The number of ether oxygens (including phenoxy) is 1. The lowest BCUT2D eigenvalue weighted by Gasteiger charge is -2.31. The van der Waals surface area contributed by atoms with Crippen molar-refractivity contribution in [3.05, 3.63) is 5.21 Å². The summed E-state index contributed by atoms with van der Waals surface area (Å²) in [7, 11) is 0. The minimum atomic E-state index is -1.10. The summed E-state index contributed by atoms with van der Waals surface area (Å²) >= 11 is 0. The molecule has 1 atom stereocenters. The zero-order chi connectivity index (χ0) is 14.6. The molecule has 9 nitrogen and oxygen atoms in total. The van der Waals surface area contributed by atoms with Crippen LogP contribution >= 0.6 is 0 Å². The number of carboxylic acids is 1. The Bertz CT molecular complexity index is 389. The molecule has 1 heterocycles. The van der Waals surface area contributed by atoms with E-state index in [2.05, 4.69) is 10.1 Å². The summed E-state index contributed by atoms with van der Waals surface area (Å²) < 4.78 is 4.71. The molecule has 9 heteroatoms. The second kappa shape index (κ2) is 5.72. The molecule has 1 saturated heterocycles. The van der Waals surface area contributed by atoms with Crippen LogP contribution in [0, 0.1) is 10.6 Å². The van der Waals surface area contributed by atoms with Gasteiger partial charge in [-0.15, -0.1) is 5.01 Å². The Morgan fingerprint density at radius 2 is 2.16 bits per heavy atom. The Balaban J connectivity index is 2.33. The standard InChI is InChI=1S/C10H17N3O6/c1-10(2,3)9(16)18-6-19-11-13(17)12-5-4-7(12)8(14)15/h7H,4-6H2,1-3H3,(H,14,15)/b13-11-/t7-/m0/s1. The average molecular weight is 275 g/mol. The van der Waals surface area contributed by atoms with Crippen molar-refractivity contribution in [2.24, 2.45) is 10.7 Å². The number of aliphatic carboxylic acids is 1. The molecule has 0 aliphatic carbocycles. The smallest absolute Gasteiger partial charge is 0.332 e. The Morgan fingerprint density at radius 1 is 1.53 bits per heavy atom. The molecule has 0 spiro atoms. The lowest BCUT2D eigenvalue weighted by atomic mass is 9.98. The van der Waals surface area contributed by atoms with Crippen LogP contribution in [-0.2, 0) is 19.2 Å². The van der Waals surface area contributed by atoms with Gasteiger partial charge in [0.25, 0.3) is 6.79 Å². The number of rotatable bonds is 5. The summed E-state index contributed by atoms with van der Waals surface area (Å²) in [6, 6.07) is -0.887. The number of hydrogen-bond acceptors (Lipinski definition) is 6. The van der Waals surface area contributed by atoms with Gasteiger partial charge in [-0.25, -0.2) is 4.79 Å². The molecule has 1 aliphatic heterocycles. The molecular formula is C10H17N3O6. The van der Waals surface area contributed by atoms with E-state index < -0.39 is 30.2 Å². The number of carbonyl (C=O) groups is 2. The molecule has 0 aromatic heterocycles. The third-order valence-electron chi connectivity index (χ3n) is 2.48. The number of hydrogen-bond donors (Lipinski definition) is 1. The number of carbonyl (C=O) groups excluding carboxylic acids is 1. The van der Waals surface area contributed by atoms with E-state index in [1.165, 1.54) is 0 Å². The molecule has 1 fully saturated rings. The van der Waals surface area contributed by atoms with Gasteiger partial charge in [0.15, 0.2) is 6.04 Å². The SMILES string of the molecule is CC(C)(C)C(=O)OCO/N=[N+](\[O-])N1CC[C@H]1C(=O)O. The molecule has 1 N–H and O–H groups in total. The zero-order valence-electron chi connectivity index (χ0n) is 11.0. The highest BCUT2D eigenvalue weighted by Gasteiger charge is 2.41. The molecule has 0 bridgehead atoms. The van der Waals surface area contributed by atoms with Gasteiger partial charge in [0.2, 0.25) is 5.28 Å².